The van der Waals surface area contributed by atoms with Crippen molar-refractivity contribution in [2.24, 2.45) is 0 Å². The number of anilines is 1. The third-order valence-electron chi connectivity index (χ3n) is 4.92. The molecule has 1 heterocycles. The minimum Gasteiger partial charge on any atom is -0.494 e. The van der Waals surface area contributed by atoms with E-state index in [0.29, 0.717) is 17.9 Å². The average molecular weight is 392 g/mol. The molecule has 0 radical (unpaired) electrons. The Balaban J connectivity index is 1.68. The molecular formula is C24H28N2O3. The lowest BCUT2D eigenvalue weighted by atomic mass is 10.1. The van der Waals surface area contributed by atoms with Crippen molar-refractivity contribution in [3.63, 3.8) is 0 Å². The van der Waals surface area contributed by atoms with Crippen molar-refractivity contribution in [1.82, 2.24) is 4.90 Å². The van der Waals surface area contributed by atoms with E-state index >= 15 is 0 Å². The number of likely N-dealkylation sites (tertiary alicyclic amines) is 1. The quantitative estimate of drug-likeness (QED) is 0.697. The predicted molar refractivity (Wildman–Crippen MR) is 116 cm³/mol. The Bertz CT molecular complexity index is 881. The van der Waals surface area contributed by atoms with Crippen LogP contribution in [-0.4, -0.2) is 36.4 Å². The smallest absolute Gasteiger partial charge is 0.255 e. The number of hydrogen-bond donors (Lipinski definition) is 1. The van der Waals surface area contributed by atoms with Crippen molar-refractivity contribution >= 4 is 23.6 Å². The summed E-state index contributed by atoms with van der Waals surface area (Å²) in [7, 11) is 0. The molecule has 5 nitrogen and oxygen atoms in total. The first kappa shape index (κ1) is 20.6. The van der Waals surface area contributed by atoms with E-state index in [1.54, 1.807) is 12.1 Å². The number of carbonyl (C=O) groups excluding carboxylic acids is 2. The van der Waals surface area contributed by atoms with E-state index in [-0.39, 0.29) is 11.8 Å². The van der Waals surface area contributed by atoms with E-state index in [1.807, 2.05) is 48.2 Å². The number of hydrogen-bond acceptors (Lipinski definition) is 3. The van der Waals surface area contributed by atoms with E-state index in [1.165, 1.54) is 6.08 Å². The van der Waals surface area contributed by atoms with E-state index < -0.39 is 0 Å². The van der Waals surface area contributed by atoms with Gasteiger partial charge in [-0.3, -0.25) is 9.59 Å². The summed E-state index contributed by atoms with van der Waals surface area (Å²) in [5, 5.41) is 2.89. The number of carbonyl (C=O) groups is 2. The molecule has 5 heteroatoms. The Kier molecular flexibility index (Phi) is 7.06. The molecule has 0 unspecified atom stereocenters. The van der Waals surface area contributed by atoms with E-state index in [4.69, 9.17) is 4.74 Å². The fourth-order valence-corrected chi connectivity index (χ4v) is 3.33. The third-order valence-corrected chi connectivity index (χ3v) is 4.92. The molecule has 2 aromatic rings. The number of nitrogens with zero attached hydrogens (tertiary/aromatic N) is 1. The first-order valence-corrected chi connectivity index (χ1v) is 10.2. The Hall–Kier alpha value is -3.08. The highest BCUT2D eigenvalue weighted by Gasteiger charge is 2.23. The first-order valence-electron chi connectivity index (χ1n) is 10.2. The summed E-state index contributed by atoms with van der Waals surface area (Å²) in [6, 6.07) is 13.1. The van der Waals surface area contributed by atoms with Gasteiger partial charge in [-0.1, -0.05) is 31.2 Å². The summed E-state index contributed by atoms with van der Waals surface area (Å²) < 4.78 is 5.57. The molecule has 2 aromatic carbocycles. The molecule has 1 aliphatic heterocycles. The van der Waals surface area contributed by atoms with Crippen LogP contribution < -0.4 is 10.1 Å². The molecule has 3 rings (SSSR count). The lowest BCUT2D eigenvalue weighted by Crippen LogP contribution is -2.29. The van der Waals surface area contributed by atoms with Gasteiger partial charge < -0.3 is 15.0 Å². The normalized spacial score (nSPS) is 13.7. The summed E-state index contributed by atoms with van der Waals surface area (Å²) in [4.78, 5) is 27.2. The van der Waals surface area contributed by atoms with Crippen LogP contribution in [0.15, 0.2) is 48.5 Å². The van der Waals surface area contributed by atoms with Gasteiger partial charge in [0, 0.05) is 19.2 Å². The zero-order valence-corrected chi connectivity index (χ0v) is 17.1. The van der Waals surface area contributed by atoms with E-state index in [0.717, 1.165) is 49.2 Å². The van der Waals surface area contributed by atoms with E-state index in [9.17, 15) is 9.59 Å². The second-order valence-corrected chi connectivity index (χ2v) is 7.24. The van der Waals surface area contributed by atoms with Crippen molar-refractivity contribution in [3.8, 4) is 5.75 Å². The van der Waals surface area contributed by atoms with Gasteiger partial charge in [0.2, 0.25) is 5.91 Å². The molecule has 1 fully saturated rings. The fraction of sp³-hybridized carbons (Fsp3) is 0.333. The Morgan fingerprint density at radius 1 is 1.10 bits per heavy atom. The lowest BCUT2D eigenvalue weighted by molar-refractivity contribution is -0.111. The molecule has 29 heavy (non-hydrogen) atoms. The third kappa shape index (κ3) is 5.47. The van der Waals surface area contributed by atoms with Crippen LogP contribution in [0.1, 0.15) is 47.7 Å². The highest BCUT2D eigenvalue weighted by Crippen LogP contribution is 2.24. The van der Waals surface area contributed by atoms with Crippen LogP contribution in [0.25, 0.3) is 6.08 Å². The molecule has 0 atom stereocenters. The maximum Gasteiger partial charge on any atom is 0.255 e. The van der Waals surface area contributed by atoms with Gasteiger partial charge in [-0.2, -0.15) is 0 Å². The molecule has 0 aromatic heterocycles. The highest BCUT2D eigenvalue weighted by molar-refractivity contribution is 6.08. The summed E-state index contributed by atoms with van der Waals surface area (Å²) in [6.07, 6.45) is 6.26. The molecule has 0 spiro atoms. The average Bonchev–Trinajstić information content (AvgIpc) is 3.27. The van der Waals surface area contributed by atoms with Crippen LogP contribution in [0.2, 0.25) is 0 Å². The first-order chi connectivity index (χ1) is 14.1. The molecule has 1 saturated heterocycles. The second kappa shape index (κ2) is 9.92. The SMILES string of the molecule is CCCOc1ccc(/C=C/C(=O)Nc2c(C)cccc2C(=O)N2CCCC2)cc1. The van der Waals surface area contributed by atoms with Crippen LogP contribution in [0.5, 0.6) is 5.75 Å². The molecule has 1 N–H and O–H groups in total. The standard InChI is InChI=1S/C24H28N2O3/c1-3-17-29-20-12-9-19(10-13-20)11-14-22(27)25-23-18(2)7-6-8-21(23)24(28)26-15-4-5-16-26/h6-14H,3-5,15-17H2,1-2H3,(H,25,27)/b14-11+. The molecule has 1 aliphatic rings. The topological polar surface area (TPSA) is 58.6 Å². The Labute approximate surface area is 172 Å². The van der Waals surface area contributed by atoms with Gasteiger partial charge in [0.05, 0.1) is 17.9 Å². The lowest BCUT2D eigenvalue weighted by Gasteiger charge is -2.19. The summed E-state index contributed by atoms with van der Waals surface area (Å²) in [6.45, 7) is 6.20. The largest absolute Gasteiger partial charge is 0.494 e. The van der Waals surface area contributed by atoms with Gasteiger partial charge in [0.25, 0.3) is 5.91 Å². The van der Waals surface area contributed by atoms with Crippen molar-refractivity contribution in [1.29, 1.82) is 0 Å². The van der Waals surface area contributed by atoms with Crippen LogP contribution in [-0.2, 0) is 4.79 Å². The molecule has 0 saturated carbocycles. The fourth-order valence-electron chi connectivity index (χ4n) is 3.33. The molecular weight excluding hydrogens is 364 g/mol. The van der Waals surface area contributed by atoms with Crippen molar-refractivity contribution in [3.05, 3.63) is 65.2 Å². The summed E-state index contributed by atoms with van der Waals surface area (Å²) >= 11 is 0. The number of amides is 2. The molecule has 152 valence electrons. The molecule has 0 bridgehead atoms. The maximum atomic E-state index is 12.8. The number of rotatable bonds is 7. The van der Waals surface area contributed by atoms with Crippen LogP contribution in [0.4, 0.5) is 5.69 Å². The minimum absolute atomic E-state index is 0.0202. The van der Waals surface area contributed by atoms with Crippen LogP contribution in [0, 0.1) is 6.92 Å². The molecule has 0 aliphatic carbocycles. The van der Waals surface area contributed by atoms with Gasteiger partial charge in [-0.25, -0.2) is 0 Å². The van der Waals surface area contributed by atoms with Gasteiger partial charge in [-0.15, -0.1) is 0 Å². The van der Waals surface area contributed by atoms with Gasteiger partial charge in [0.15, 0.2) is 0 Å². The van der Waals surface area contributed by atoms with Crippen LogP contribution >= 0.6 is 0 Å². The zero-order chi connectivity index (χ0) is 20.6. The van der Waals surface area contributed by atoms with Gasteiger partial charge >= 0.3 is 0 Å². The minimum atomic E-state index is -0.263. The Morgan fingerprint density at radius 3 is 2.52 bits per heavy atom. The van der Waals surface area contributed by atoms with Gasteiger partial charge in [0.1, 0.15) is 5.75 Å². The molecule has 2 amide bonds. The number of aryl methyl sites for hydroxylation is 1. The van der Waals surface area contributed by atoms with Gasteiger partial charge in [-0.05, 0) is 61.6 Å². The van der Waals surface area contributed by atoms with E-state index in [2.05, 4.69) is 12.2 Å². The van der Waals surface area contributed by atoms with Crippen molar-refractivity contribution < 1.29 is 14.3 Å². The monoisotopic (exact) mass is 392 g/mol. The van der Waals surface area contributed by atoms with Crippen molar-refractivity contribution in [2.45, 2.75) is 33.1 Å². The summed E-state index contributed by atoms with van der Waals surface area (Å²) in [5.74, 6) is 0.535. The predicted octanol–water partition coefficient (Wildman–Crippen LogP) is 4.67. The van der Waals surface area contributed by atoms with Crippen molar-refractivity contribution in [2.75, 3.05) is 25.0 Å². The Morgan fingerprint density at radius 2 is 1.83 bits per heavy atom. The number of nitrogens with one attached hydrogen (secondary N) is 1. The number of benzene rings is 2. The highest BCUT2D eigenvalue weighted by atomic mass is 16.5. The zero-order valence-electron chi connectivity index (χ0n) is 17.1. The number of para-hydroxylation sites is 1. The van der Waals surface area contributed by atoms with Crippen LogP contribution in [0.3, 0.4) is 0 Å². The number of ether oxygens (including phenoxy) is 1. The maximum absolute atomic E-state index is 12.8. The summed E-state index contributed by atoms with van der Waals surface area (Å²) in [5.41, 5.74) is 2.91. The second-order valence-electron chi connectivity index (χ2n) is 7.24.